The van der Waals surface area contributed by atoms with E-state index < -0.39 is 5.25 Å². The van der Waals surface area contributed by atoms with Gasteiger partial charge in [-0.2, -0.15) is 0 Å². The number of halogens is 1. The molecule has 1 aromatic heterocycles. The first-order valence-corrected chi connectivity index (χ1v) is 14.0. The SMILES string of the molecule is Cl.Cn1c(COc2ccc(CC3SC(=O)NC3=O)cc2)nc2ccc(Oc3ccc(Cc4ccccc4)c(O)c3)cc21. The van der Waals surface area contributed by atoms with Crippen molar-refractivity contribution in [3.05, 3.63) is 114 Å². The number of hydrogen-bond acceptors (Lipinski definition) is 7. The molecule has 0 spiro atoms. The van der Waals surface area contributed by atoms with Gasteiger partial charge in [-0.15, -0.1) is 12.4 Å². The number of aromatic hydroxyl groups is 1. The number of ether oxygens (including phenoxy) is 2. The molecule has 1 unspecified atom stereocenters. The molecular formula is C32H28ClN3O5S. The van der Waals surface area contributed by atoms with Crippen molar-refractivity contribution < 1.29 is 24.2 Å². The highest BCUT2D eigenvalue weighted by molar-refractivity contribution is 8.15. The number of carbonyl (C=O) groups excluding carboxylic acids is 2. The number of thioether (sulfide) groups is 1. The van der Waals surface area contributed by atoms with Gasteiger partial charge < -0.3 is 19.1 Å². The van der Waals surface area contributed by atoms with Crippen LogP contribution in [0.25, 0.3) is 11.0 Å². The third-order valence-corrected chi connectivity index (χ3v) is 7.94. The number of imide groups is 1. The number of phenolic OH excluding ortho intramolecular Hbond substituents is 1. The summed E-state index contributed by atoms with van der Waals surface area (Å²) in [6, 6.07) is 28.6. The number of amides is 2. The monoisotopic (exact) mass is 601 g/mol. The highest BCUT2D eigenvalue weighted by Crippen LogP contribution is 2.31. The highest BCUT2D eigenvalue weighted by atomic mass is 35.5. The Kier molecular flexibility index (Phi) is 8.70. The molecule has 2 heterocycles. The van der Waals surface area contributed by atoms with Crippen LogP contribution in [0.3, 0.4) is 0 Å². The van der Waals surface area contributed by atoms with E-state index in [-0.39, 0.29) is 35.9 Å². The molecule has 2 N–H and O–H groups in total. The number of aromatic nitrogens is 2. The van der Waals surface area contributed by atoms with Crippen molar-refractivity contribution in [2.75, 3.05) is 0 Å². The molecule has 1 fully saturated rings. The summed E-state index contributed by atoms with van der Waals surface area (Å²) in [5.41, 5.74) is 4.62. The molecule has 2 amide bonds. The van der Waals surface area contributed by atoms with E-state index in [9.17, 15) is 14.7 Å². The summed E-state index contributed by atoms with van der Waals surface area (Å²) < 4.78 is 14.0. The number of hydrogen-bond donors (Lipinski definition) is 2. The van der Waals surface area contributed by atoms with Gasteiger partial charge in [0.25, 0.3) is 5.24 Å². The molecule has 4 aromatic carbocycles. The molecule has 1 aliphatic rings. The van der Waals surface area contributed by atoms with Crippen LogP contribution in [0.5, 0.6) is 23.0 Å². The Hall–Kier alpha value is -4.47. The topological polar surface area (TPSA) is 103 Å². The van der Waals surface area contributed by atoms with E-state index >= 15 is 0 Å². The molecule has 0 radical (unpaired) electrons. The molecule has 10 heteroatoms. The molecule has 1 atom stereocenters. The van der Waals surface area contributed by atoms with E-state index in [0.29, 0.717) is 30.1 Å². The lowest BCUT2D eigenvalue weighted by atomic mass is 10.0. The quantitative estimate of drug-likeness (QED) is 0.197. The molecule has 1 saturated heterocycles. The van der Waals surface area contributed by atoms with Gasteiger partial charge in [-0.05, 0) is 53.4 Å². The Labute approximate surface area is 253 Å². The fourth-order valence-electron chi connectivity index (χ4n) is 4.73. The number of imidazole rings is 1. The molecule has 8 nitrogen and oxygen atoms in total. The van der Waals surface area contributed by atoms with Crippen LogP contribution in [0.1, 0.15) is 22.5 Å². The zero-order valence-corrected chi connectivity index (χ0v) is 24.3. The molecule has 214 valence electrons. The van der Waals surface area contributed by atoms with Crippen molar-refractivity contribution in [3.8, 4) is 23.0 Å². The highest BCUT2D eigenvalue weighted by Gasteiger charge is 2.31. The lowest BCUT2D eigenvalue weighted by molar-refractivity contribution is -0.118. The largest absolute Gasteiger partial charge is 0.508 e. The van der Waals surface area contributed by atoms with E-state index in [1.807, 2.05) is 96.5 Å². The number of phenols is 1. The first kappa shape index (κ1) is 29.0. The van der Waals surface area contributed by atoms with Crippen molar-refractivity contribution in [1.82, 2.24) is 14.9 Å². The molecule has 0 bridgehead atoms. The number of fused-ring (bicyclic) bond motifs is 1. The van der Waals surface area contributed by atoms with Crippen molar-refractivity contribution in [1.29, 1.82) is 0 Å². The lowest BCUT2D eigenvalue weighted by Crippen LogP contribution is -2.25. The van der Waals surface area contributed by atoms with Gasteiger partial charge in [0.15, 0.2) is 0 Å². The van der Waals surface area contributed by atoms with Gasteiger partial charge >= 0.3 is 0 Å². The smallest absolute Gasteiger partial charge is 0.286 e. The Balaban J connectivity index is 0.00000353. The molecule has 0 aliphatic carbocycles. The van der Waals surface area contributed by atoms with Crippen molar-refractivity contribution in [2.24, 2.45) is 7.05 Å². The summed E-state index contributed by atoms with van der Waals surface area (Å²) in [5, 5.41) is 12.2. The van der Waals surface area contributed by atoms with Gasteiger partial charge in [0.1, 0.15) is 35.4 Å². The van der Waals surface area contributed by atoms with Crippen LogP contribution in [0.4, 0.5) is 4.79 Å². The molecule has 0 saturated carbocycles. The summed E-state index contributed by atoms with van der Waals surface area (Å²) >= 11 is 1.02. The fourth-order valence-corrected chi connectivity index (χ4v) is 5.59. The number of nitrogens with one attached hydrogen (secondary N) is 1. The van der Waals surface area contributed by atoms with Crippen LogP contribution in [-0.4, -0.2) is 31.1 Å². The number of rotatable bonds is 9. The fraction of sp³-hybridized carbons (Fsp3) is 0.156. The van der Waals surface area contributed by atoms with Crippen molar-refractivity contribution in [3.63, 3.8) is 0 Å². The van der Waals surface area contributed by atoms with Gasteiger partial charge in [-0.25, -0.2) is 4.98 Å². The first-order valence-electron chi connectivity index (χ1n) is 13.1. The number of aryl methyl sites for hydroxylation is 1. The number of nitrogens with zero attached hydrogens (tertiary/aromatic N) is 2. The van der Waals surface area contributed by atoms with Crippen LogP contribution >= 0.6 is 24.2 Å². The minimum atomic E-state index is -0.396. The minimum absolute atomic E-state index is 0. The summed E-state index contributed by atoms with van der Waals surface area (Å²) in [5.74, 6) is 2.56. The molecule has 6 rings (SSSR count). The second-order valence-corrected chi connectivity index (χ2v) is 11.0. The van der Waals surface area contributed by atoms with Gasteiger partial charge in [-0.1, -0.05) is 60.3 Å². The molecule has 5 aromatic rings. The van der Waals surface area contributed by atoms with Crippen LogP contribution in [-0.2, 0) is 31.3 Å². The summed E-state index contributed by atoms with van der Waals surface area (Å²) in [6.45, 7) is 0.271. The minimum Gasteiger partial charge on any atom is -0.508 e. The zero-order valence-electron chi connectivity index (χ0n) is 22.7. The standard InChI is InChI=1S/C32H27N3O5S.ClH/c1-35-27-17-24(40-25-12-9-22(28(36)18-25)15-20-5-3-2-4-6-20)13-14-26(27)33-30(35)19-39-23-10-7-21(8-11-23)16-29-31(37)34-32(38)41-29;/h2-14,17-18,29,36H,15-16,19H2,1H3,(H,34,37,38);1H. The summed E-state index contributed by atoms with van der Waals surface area (Å²) in [6.07, 6.45) is 1.12. The third-order valence-electron chi connectivity index (χ3n) is 6.95. The zero-order chi connectivity index (χ0) is 28.3. The van der Waals surface area contributed by atoms with Gasteiger partial charge in [-0.3, -0.25) is 14.9 Å². The van der Waals surface area contributed by atoms with Gasteiger partial charge in [0.05, 0.1) is 16.3 Å². The van der Waals surface area contributed by atoms with Crippen LogP contribution in [0.15, 0.2) is 91.0 Å². The molecule has 42 heavy (non-hydrogen) atoms. The second-order valence-electron chi connectivity index (χ2n) is 9.81. The number of carbonyl (C=O) groups is 2. The first-order chi connectivity index (χ1) is 19.9. The molecule has 1 aliphatic heterocycles. The van der Waals surface area contributed by atoms with E-state index in [2.05, 4.69) is 5.32 Å². The lowest BCUT2D eigenvalue weighted by Gasteiger charge is -2.10. The van der Waals surface area contributed by atoms with Crippen LogP contribution < -0.4 is 14.8 Å². The Morgan fingerprint density at radius 2 is 1.62 bits per heavy atom. The van der Waals surface area contributed by atoms with Crippen LogP contribution in [0.2, 0.25) is 0 Å². The Morgan fingerprint density at radius 1 is 0.905 bits per heavy atom. The van der Waals surface area contributed by atoms with E-state index in [0.717, 1.165) is 45.3 Å². The maximum absolute atomic E-state index is 11.8. The van der Waals surface area contributed by atoms with Crippen LogP contribution in [0, 0.1) is 0 Å². The third kappa shape index (κ3) is 6.53. The predicted octanol–water partition coefficient (Wildman–Crippen LogP) is 6.56. The van der Waals surface area contributed by atoms with Crippen molar-refractivity contribution in [2.45, 2.75) is 24.7 Å². The average Bonchev–Trinajstić information content (AvgIpc) is 3.46. The van der Waals surface area contributed by atoms with Gasteiger partial charge in [0.2, 0.25) is 5.91 Å². The van der Waals surface area contributed by atoms with E-state index in [4.69, 9.17) is 14.5 Å². The van der Waals surface area contributed by atoms with Gasteiger partial charge in [0, 0.05) is 25.6 Å². The Morgan fingerprint density at radius 3 is 2.33 bits per heavy atom. The van der Waals surface area contributed by atoms with E-state index in [1.165, 1.54) is 0 Å². The average molecular weight is 602 g/mol. The number of benzene rings is 4. The predicted molar refractivity (Wildman–Crippen MR) is 165 cm³/mol. The summed E-state index contributed by atoms with van der Waals surface area (Å²) in [4.78, 5) is 27.9. The van der Waals surface area contributed by atoms with E-state index in [1.54, 1.807) is 6.07 Å². The maximum atomic E-state index is 11.8. The van der Waals surface area contributed by atoms with Crippen molar-refractivity contribution >= 4 is 46.3 Å². The second kappa shape index (κ2) is 12.6. The Bertz CT molecular complexity index is 1740. The normalized spacial score (nSPS) is 14.5. The molecular weight excluding hydrogens is 574 g/mol. The summed E-state index contributed by atoms with van der Waals surface area (Å²) in [7, 11) is 1.93. The maximum Gasteiger partial charge on any atom is 0.286 e.